The molecular weight excluding hydrogens is 334 g/mol. The number of hydrazone groups is 1. The maximum absolute atomic E-state index is 12.4. The summed E-state index contributed by atoms with van der Waals surface area (Å²) in [6.07, 6.45) is 1.55. The molecular formula is C19H19N3O4. The number of nitrogens with zero attached hydrogens (tertiary/aromatic N) is 1. The quantitative estimate of drug-likeness (QED) is 0.527. The van der Waals surface area contributed by atoms with Gasteiger partial charge in [0, 0.05) is 5.39 Å². The monoisotopic (exact) mass is 353 g/mol. The van der Waals surface area contributed by atoms with Crippen molar-refractivity contribution in [1.82, 2.24) is 10.4 Å². The van der Waals surface area contributed by atoms with E-state index in [2.05, 4.69) is 15.5 Å². The molecule has 0 aliphatic heterocycles. The van der Waals surface area contributed by atoms with Gasteiger partial charge in [0.25, 0.3) is 5.91 Å². The zero-order chi connectivity index (χ0) is 18.5. The second-order valence-electron chi connectivity index (χ2n) is 5.42. The van der Waals surface area contributed by atoms with E-state index in [9.17, 15) is 4.79 Å². The molecule has 0 aliphatic rings. The Kier molecular flexibility index (Phi) is 5.07. The lowest BCUT2D eigenvalue weighted by molar-refractivity contribution is 0.0951. The second kappa shape index (κ2) is 7.60. The second-order valence-corrected chi connectivity index (χ2v) is 5.42. The van der Waals surface area contributed by atoms with Gasteiger partial charge in [0.15, 0.2) is 0 Å². The van der Waals surface area contributed by atoms with Gasteiger partial charge < -0.3 is 19.2 Å². The number of nitrogens with one attached hydrogen (secondary N) is 2. The topological polar surface area (TPSA) is 84.9 Å². The fourth-order valence-electron chi connectivity index (χ4n) is 2.59. The summed E-state index contributed by atoms with van der Waals surface area (Å²) in [7, 11) is 4.74. The number of hydrogen-bond donors (Lipinski definition) is 2. The summed E-state index contributed by atoms with van der Waals surface area (Å²) in [5.74, 6) is 1.62. The van der Waals surface area contributed by atoms with E-state index in [1.807, 2.05) is 24.3 Å². The Morgan fingerprint density at radius 3 is 2.54 bits per heavy atom. The van der Waals surface area contributed by atoms with Crippen LogP contribution in [0, 0.1) is 0 Å². The first-order chi connectivity index (χ1) is 12.7. The molecule has 134 valence electrons. The molecule has 7 nitrogen and oxygen atoms in total. The van der Waals surface area contributed by atoms with E-state index in [0.29, 0.717) is 22.7 Å². The number of methoxy groups -OCH3 is 3. The van der Waals surface area contributed by atoms with Crippen molar-refractivity contribution < 1.29 is 19.0 Å². The van der Waals surface area contributed by atoms with E-state index in [4.69, 9.17) is 14.2 Å². The molecule has 0 bridgehead atoms. The summed E-state index contributed by atoms with van der Waals surface area (Å²) in [5.41, 5.74) is 4.35. The van der Waals surface area contributed by atoms with Gasteiger partial charge >= 0.3 is 0 Å². The Morgan fingerprint density at radius 1 is 1.04 bits per heavy atom. The van der Waals surface area contributed by atoms with Gasteiger partial charge in [0.2, 0.25) is 0 Å². The summed E-state index contributed by atoms with van der Waals surface area (Å²) in [4.78, 5) is 15.4. The number of rotatable bonds is 6. The van der Waals surface area contributed by atoms with Gasteiger partial charge in [-0.2, -0.15) is 5.10 Å². The third-order valence-corrected chi connectivity index (χ3v) is 3.87. The lowest BCUT2D eigenvalue weighted by Crippen LogP contribution is -2.17. The maximum Gasteiger partial charge on any atom is 0.287 e. The Bertz CT molecular complexity index is 922. The first kappa shape index (κ1) is 17.3. The van der Waals surface area contributed by atoms with E-state index in [1.165, 1.54) is 0 Å². The number of amides is 1. The van der Waals surface area contributed by atoms with Crippen LogP contribution in [0.5, 0.6) is 17.2 Å². The van der Waals surface area contributed by atoms with Crippen LogP contribution in [-0.4, -0.2) is 38.4 Å². The van der Waals surface area contributed by atoms with Crippen molar-refractivity contribution >= 4 is 23.0 Å². The van der Waals surface area contributed by atoms with Gasteiger partial charge in [0.1, 0.15) is 22.9 Å². The minimum Gasteiger partial charge on any atom is -0.497 e. The maximum atomic E-state index is 12.4. The summed E-state index contributed by atoms with van der Waals surface area (Å²) in [5, 5.41) is 4.74. The van der Waals surface area contributed by atoms with Gasteiger partial charge in [-0.1, -0.05) is 12.1 Å². The van der Waals surface area contributed by atoms with Crippen molar-refractivity contribution in [3.8, 4) is 17.2 Å². The number of aromatic nitrogens is 1. The third-order valence-electron chi connectivity index (χ3n) is 3.87. The fraction of sp³-hybridized carbons (Fsp3) is 0.158. The Hall–Kier alpha value is -3.48. The van der Waals surface area contributed by atoms with Crippen LogP contribution in [0.25, 0.3) is 10.9 Å². The average Bonchev–Trinajstić information content (AvgIpc) is 3.13. The molecule has 0 aliphatic carbocycles. The molecule has 0 saturated carbocycles. The molecule has 0 radical (unpaired) electrons. The van der Waals surface area contributed by atoms with Gasteiger partial charge in [-0.05, 0) is 35.9 Å². The number of aromatic amines is 1. The summed E-state index contributed by atoms with van der Waals surface area (Å²) < 4.78 is 15.8. The van der Waals surface area contributed by atoms with Gasteiger partial charge in [-0.25, -0.2) is 5.43 Å². The first-order valence-electron chi connectivity index (χ1n) is 7.87. The molecule has 7 heteroatoms. The van der Waals surface area contributed by atoms with E-state index in [-0.39, 0.29) is 5.91 Å². The predicted octanol–water partition coefficient (Wildman–Crippen LogP) is 2.96. The number of H-pyrrole nitrogens is 1. The smallest absolute Gasteiger partial charge is 0.287 e. The number of carbonyl (C=O) groups excluding carboxylic acids is 1. The highest BCUT2D eigenvalue weighted by molar-refractivity contribution is 6.01. The first-order valence-corrected chi connectivity index (χ1v) is 7.87. The van der Waals surface area contributed by atoms with Crippen LogP contribution < -0.4 is 19.6 Å². The number of carbonyl (C=O) groups is 1. The van der Waals surface area contributed by atoms with Crippen LogP contribution in [0.2, 0.25) is 0 Å². The van der Waals surface area contributed by atoms with E-state index >= 15 is 0 Å². The van der Waals surface area contributed by atoms with Crippen LogP contribution in [0.15, 0.2) is 47.6 Å². The highest BCUT2D eigenvalue weighted by Gasteiger charge is 2.15. The Labute approximate surface area is 150 Å². The predicted molar refractivity (Wildman–Crippen MR) is 99.5 cm³/mol. The van der Waals surface area contributed by atoms with Gasteiger partial charge in [-0.15, -0.1) is 0 Å². The summed E-state index contributed by atoms with van der Waals surface area (Å²) >= 11 is 0. The Balaban J connectivity index is 1.80. The normalized spacial score (nSPS) is 10.9. The lowest BCUT2D eigenvalue weighted by atomic mass is 10.2. The minimum atomic E-state index is -0.371. The van der Waals surface area contributed by atoms with Crippen LogP contribution in [0.4, 0.5) is 0 Å². The summed E-state index contributed by atoms with van der Waals surface area (Å²) in [6.45, 7) is 0. The third kappa shape index (κ3) is 3.46. The molecule has 0 atom stereocenters. The molecule has 0 unspecified atom stereocenters. The Morgan fingerprint density at radius 2 is 1.81 bits per heavy atom. The standard InChI is InChI=1S/C19H19N3O4/c1-24-13-6-4-5-12(9-13)11-20-22-19(23)15-10-14-16(25-2)7-8-17(26-3)18(14)21-15/h4-11,21H,1-3H3,(H,22,23)/b20-11-. The molecule has 26 heavy (non-hydrogen) atoms. The fourth-order valence-corrected chi connectivity index (χ4v) is 2.59. The minimum absolute atomic E-state index is 0.352. The molecule has 3 rings (SSSR count). The molecule has 0 fully saturated rings. The highest BCUT2D eigenvalue weighted by atomic mass is 16.5. The van der Waals surface area contributed by atoms with Gasteiger partial charge in [0.05, 0.1) is 33.1 Å². The van der Waals surface area contributed by atoms with Crippen LogP contribution in [0.1, 0.15) is 16.1 Å². The largest absolute Gasteiger partial charge is 0.497 e. The zero-order valence-electron chi connectivity index (χ0n) is 14.7. The number of ether oxygens (including phenoxy) is 3. The van der Waals surface area contributed by atoms with Crippen LogP contribution in [0.3, 0.4) is 0 Å². The van der Waals surface area contributed by atoms with Crippen molar-refractivity contribution in [2.45, 2.75) is 0 Å². The lowest BCUT2D eigenvalue weighted by Gasteiger charge is -2.05. The van der Waals surface area contributed by atoms with Crippen molar-refractivity contribution in [2.75, 3.05) is 21.3 Å². The molecule has 3 aromatic rings. The number of benzene rings is 2. The number of hydrogen-bond acceptors (Lipinski definition) is 5. The molecule has 1 amide bonds. The van der Waals surface area contributed by atoms with Crippen LogP contribution in [-0.2, 0) is 0 Å². The zero-order valence-corrected chi connectivity index (χ0v) is 14.7. The van der Waals surface area contributed by atoms with E-state index in [0.717, 1.165) is 16.7 Å². The van der Waals surface area contributed by atoms with Crippen molar-refractivity contribution in [3.63, 3.8) is 0 Å². The average molecular weight is 353 g/mol. The highest BCUT2D eigenvalue weighted by Crippen LogP contribution is 2.33. The van der Waals surface area contributed by atoms with Crippen LogP contribution >= 0.6 is 0 Å². The summed E-state index contributed by atoms with van der Waals surface area (Å²) in [6, 6.07) is 12.6. The van der Waals surface area contributed by atoms with Crippen molar-refractivity contribution in [2.24, 2.45) is 5.10 Å². The number of fused-ring (bicyclic) bond motifs is 1. The molecule has 2 N–H and O–H groups in total. The molecule has 2 aromatic carbocycles. The molecule has 0 spiro atoms. The molecule has 0 saturated heterocycles. The van der Waals surface area contributed by atoms with E-state index in [1.54, 1.807) is 45.7 Å². The van der Waals surface area contributed by atoms with Crippen molar-refractivity contribution in [3.05, 3.63) is 53.7 Å². The SMILES string of the molecule is COc1cccc(/C=N\NC(=O)c2cc3c(OC)ccc(OC)c3[nH]2)c1. The molecule has 1 aromatic heterocycles. The van der Waals surface area contributed by atoms with Crippen molar-refractivity contribution in [1.29, 1.82) is 0 Å². The molecule has 1 heterocycles. The van der Waals surface area contributed by atoms with E-state index < -0.39 is 0 Å². The van der Waals surface area contributed by atoms with Gasteiger partial charge in [-0.3, -0.25) is 4.79 Å².